The molecule has 3 amide bonds. The Kier molecular flexibility index (Phi) is 4.79. The van der Waals surface area contributed by atoms with Gasteiger partial charge in [0.1, 0.15) is 5.82 Å². The van der Waals surface area contributed by atoms with Crippen LogP contribution < -0.4 is 25.0 Å². The van der Waals surface area contributed by atoms with Crippen LogP contribution in [0.5, 0.6) is 11.5 Å². The van der Waals surface area contributed by atoms with Crippen molar-refractivity contribution in [2.45, 2.75) is 13.3 Å². The molecule has 1 fully saturated rings. The molecule has 2 aromatic carbocycles. The lowest BCUT2D eigenvalue weighted by Gasteiger charge is -2.17. The molecule has 2 aliphatic rings. The maximum Gasteiger partial charge on any atom is 0.231 e. The van der Waals surface area contributed by atoms with E-state index in [9.17, 15) is 18.8 Å². The van der Waals surface area contributed by atoms with Gasteiger partial charge in [-0.25, -0.2) is 4.39 Å². The molecule has 29 heavy (non-hydrogen) atoms. The fraction of sp³-hybridized carbons (Fsp3) is 0.250. The van der Waals surface area contributed by atoms with Gasteiger partial charge in [0.2, 0.25) is 24.5 Å². The van der Waals surface area contributed by atoms with Crippen LogP contribution in [0.2, 0.25) is 0 Å². The molecule has 8 nitrogen and oxygen atoms in total. The number of hydrogen-bond acceptors (Lipinski definition) is 5. The number of anilines is 3. The number of nitrogens with zero attached hydrogens (tertiary/aromatic N) is 1. The highest BCUT2D eigenvalue weighted by atomic mass is 19.1. The summed E-state index contributed by atoms with van der Waals surface area (Å²) in [6, 6.07) is 9.01. The van der Waals surface area contributed by atoms with E-state index in [1.807, 2.05) is 0 Å². The van der Waals surface area contributed by atoms with Crippen LogP contribution in [0.4, 0.5) is 21.5 Å². The molecule has 0 bridgehead atoms. The van der Waals surface area contributed by atoms with Crippen LogP contribution in [0.1, 0.15) is 13.3 Å². The van der Waals surface area contributed by atoms with Gasteiger partial charge < -0.3 is 25.0 Å². The van der Waals surface area contributed by atoms with E-state index in [1.54, 1.807) is 18.2 Å². The zero-order valence-corrected chi connectivity index (χ0v) is 15.5. The first-order valence-corrected chi connectivity index (χ1v) is 8.99. The monoisotopic (exact) mass is 399 g/mol. The number of carbonyl (C=O) groups excluding carboxylic acids is 3. The molecule has 1 atom stereocenters. The molecule has 1 unspecified atom stereocenters. The Bertz CT molecular complexity index is 1010. The molecule has 2 aromatic rings. The van der Waals surface area contributed by atoms with Crippen molar-refractivity contribution in [2.75, 3.05) is 28.9 Å². The van der Waals surface area contributed by atoms with Gasteiger partial charge in [-0.15, -0.1) is 0 Å². The van der Waals surface area contributed by atoms with Crippen molar-refractivity contribution in [2.24, 2.45) is 5.92 Å². The van der Waals surface area contributed by atoms with Gasteiger partial charge in [0, 0.05) is 37.3 Å². The summed E-state index contributed by atoms with van der Waals surface area (Å²) >= 11 is 0. The van der Waals surface area contributed by atoms with Crippen molar-refractivity contribution in [1.29, 1.82) is 0 Å². The van der Waals surface area contributed by atoms with E-state index in [1.165, 1.54) is 24.0 Å². The Labute approximate surface area is 165 Å². The Balaban J connectivity index is 1.46. The first-order valence-electron chi connectivity index (χ1n) is 8.99. The minimum atomic E-state index is -0.642. The van der Waals surface area contributed by atoms with E-state index in [0.717, 1.165) is 6.07 Å². The lowest BCUT2D eigenvalue weighted by molar-refractivity contribution is -0.122. The lowest BCUT2D eigenvalue weighted by Crippen LogP contribution is -2.28. The van der Waals surface area contributed by atoms with Crippen molar-refractivity contribution >= 4 is 34.8 Å². The highest BCUT2D eigenvalue weighted by molar-refractivity contribution is 6.04. The van der Waals surface area contributed by atoms with Crippen LogP contribution in [0, 0.1) is 11.7 Å². The van der Waals surface area contributed by atoms with Gasteiger partial charge in [-0.3, -0.25) is 14.4 Å². The van der Waals surface area contributed by atoms with Gasteiger partial charge in [0.15, 0.2) is 11.5 Å². The molecular formula is C20H18FN3O5. The molecule has 150 valence electrons. The second-order valence-electron chi connectivity index (χ2n) is 6.81. The minimum Gasteiger partial charge on any atom is -0.454 e. The fourth-order valence-electron chi connectivity index (χ4n) is 3.32. The van der Waals surface area contributed by atoms with Gasteiger partial charge in [0.25, 0.3) is 0 Å². The summed E-state index contributed by atoms with van der Waals surface area (Å²) in [6.45, 7) is 1.62. The molecule has 0 aliphatic carbocycles. The first kappa shape index (κ1) is 18.7. The molecule has 2 aliphatic heterocycles. The molecule has 2 N–H and O–H groups in total. The van der Waals surface area contributed by atoms with Crippen LogP contribution in [0.25, 0.3) is 0 Å². The Morgan fingerprint density at radius 3 is 2.69 bits per heavy atom. The average molecular weight is 399 g/mol. The minimum absolute atomic E-state index is 0.00722. The van der Waals surface area contributed by atoms with E-state index in [4.69, 9.17) is 9.47 Å². The Morgan fingerprint density at radius 2 is 1.90 bits per heavy atom. The van der Waals surface area contributed by atoms with Crippen molar-refractivity contribution in [1.82, 2.24) is 0 Å². The van der Waals surface area contributed by atoms with Crippen molar-refractivity contribution in [3.8, 4) is 11.5 Å². The predicted octanol–water partition coefficient (Wildman–Crippen LogP) is 2.50. The van der Waals surface area contributed by atoms with E-state index in [0.29, 0.717) is 22.9 Å². The van der Waals surface area contributed by atoms with Gasteiger partial charge in [-0.2, -0.15) is 0 Å². The zero-order chi connectivity index (χ0) is 20.5. The van der Waals surface area contributed by atoms with E-state index in [2.05, 4.69) is 10.6 Å². The summed E-state index contributed by atoms with van der Waals surface area (Å²) in [5.41, 5.74) is 0.905. The van der Waals surface area contributed by atoms with E-state index < -0.39 is 17.6 Å². The number of ether oxygens (including phenoxy) is 2. The van der Waals surface area contributed by atoms with Gasteiger partial charge in [0.05, 0.1) is 11.6 Å². The van der Waals surface area contributed by atoms with Crippen LogP contribution >= 0.6 is 0 Å². The van der Waals surface area contributed by atoms with Crippen LogP contribution in [-0.2, 0) is 14.4 Å². The summed E-state index contributed by atoms with van der Waals surface area (Å²) in [7, 11) is 0. The second-order valence-corrected chi connectivity index (χ2v) is 6.81. The third kappa shape index (κ3) is 3.84. The highest BCUT2D eigenvalue weighted by Crippen LogP contribution is 2.37. The summed E-state index contributed by atoms with van der Waals surface area (Å²) in [4.78, 5) is 37.7. The third-order valence-corrected chi connectivity index (χ3v) is 4.71. The first-order chi connectivity index (χ1) is 13.9. The largest absolute Gasteiger partial charge is 0.454 e. The van der Waals surface area contributed by atoms with Crippen LogP contribution in [0.3, 0.4) is 0 Å². The molecule has 2 heterocycles. The number of benzene rings is 2. The molecular weight excluding hydrogens is 381 g/mol. The maximum absolute atomic E-state index is 14.1. The number of amides is 3. The average Bonchev–Trinajstić information content (AvgIpc) is 3.29. The van der Waals surface area contributed by atoms with Crippen molar-refractivity contribution < 1.29 is 28.2 Å². The second kappa shape index (κ2) is 7.42. The van der Waals surface area contributed by atoms with Crippen molar-refractivity contribution in [3.63, 3.8) is 0 Å². The maximum atomic E-state index is 14.1. The Hall–Kier alpha value is -3.62. The summed E-state index contributed by atoms with van der Waals surface area (Å²) in [5.74, 6) is -1.13. The number of fused-ring (bicyclic) bond motifs is 1. The lowest BCUT2D eigenvalue weighted by atomic mass is 10.1. The third-order valence-electron chi connectivity index (χ3n) is 4.71. The zero-order valence-electron chi connectivity index (χ0n) is 15.5. The SMILES string of the molecule is CC(=O)Nc1ccc(F)c(NC(=O)C2CC(=O)N(c3ccc4c(c3)OCO4)C2)c1. The van der Waals surface area contributed by atoms with Crippen LogP contribution in [0.15, 0.2) is 36.4 Å². The standard InChI is InChI=1S/C20H18FN3O5/c1-11(25)22-13-2-4-15(21)16(7-13)23-20(27)12-6-19(26)24(9-12)14-3-5-17-18(8-14)29-10-28-17/h2-5,7-8,12H,6,9-10H2,1H3,(H,22,25)(H,23,27). The Morgan fingerprint density at radius 1 is 1.10 bits per heavy atom. The smallest absolute Gasteiger partial charge is 0.231 e. The van der Waals surface area contributed by atoms with Crippen molar-refractivity contribution in [3.05, 3.63) is 42.2 Å². The van der Waals surface area contributed by atoms with E-state index in [-0.39, 0.29) is 37.3 Å². The molecule has 0 spiro atoms. The quantitative estimate of drug-likeness (QED) is 0.824. The fourth-order valence-corrected chi connectivity index (χ4v) is 3.32. The summed E-state index contributed by atoms with van der Waals surface area (Å²) in [6.07, 6.45) is 0.00722. The van der Waals surface area contributed by atoms with E-state index >= 15 is 0 Å². The topological polar surface area (TPSA) is 97.0 Å². The molecule has 0 radical (unpaired) electrons. The highest BCUT2D eigenvalue weighted by Gasteiger charge is 2.36. The molecule has 4 rings (SSSR count). The number of rotatable bonds is 4. The number of carbonyl (C=O) groups is 3. The summed E-state index contributed by atoms with van der Waals surface area (Å²) in [5, 5.41) is 5.04. The number of hydrogen-bond donors (Lipinski definition) is 2. The number of nitrogens with one attached hydrogen (secondary N) is 2. The predicted molar refractivity (Wildman–Crippen MR) is 102 cm³/mol. The van der Waals surface area contributed by atoms with Crippen LogP contribution in [-0.4, -0.2) is 31.1 Å². The summed E-state index contributed by atoms with van der Waals surface area (Å²) < 4.78 is 24.7. The normalized spacial score (nSPS) is 17.4. The number of halogens is 1. The van der Waals surface area contributed by atoms with Gasteiger partial charge in [-0.1, -0.05) is 0 Å². The molecule has 1 saturated heterocycles. The molecule has 9 heteroatoms. The molecule has 0 aromatic heterocycles. The van der Waals surface area contributed by atoms with Gasteiger partial charge >= 0.3 is 0 Å². The molecule has 0 saturated carbocycles. The van der Waals surface area contributed by atoms with Gasteiger partial charge in [-0.05, 0) is 30.3 Å².